The third-order valence-electron chi connectivity index (χ3n) is 6.95. The molecule has 0 radical (unpaired) electrons. The molecule has 0 saturated carbocycles. The summed E-state index contributed by atoms with van der Waals surface area (Å²) in [6, 6.07) is 17.9. The lowest BCUT2D eigenvalue weighted by atomic mass is 9.90. The molecule has 2 aliphatic heterocycles. The number of piperidine rings is 1. The van der Waals surface area contributed by atoms with Gasteiger partial charge in [0, 0.05) is 24.5 Å². The number of halogens is 1. The number of hydrogen-bond donors (Lipinski definition) is 1. The first-order valence-electron chi connectivity index (χ1n) is 12.2. The third kappa shape index (κ3) is 6.58. The van der Waals surface area contributed by atoms with Crippen molar-refractivity contribution in [1.29, 1.82) is 0 Å². The lowest BCUT2D eigenvalue weighted by Crippen LogP contribution is -2.45. The number of nitrogens with one attached hydrogen (secondary N) is 1. The quantitative estimate of drug-likeness (QED) is 0.559. The van der Waals surface area contributed by atoms with Crippen LogP contribution in [0.4, 0.5) is 0 Å². The van der Waals surface area contributed by atoms with Crippen molar-refractivity contribution < 1.29 is 9.59 Å². The van der Waals surface area contributed by atoms with E-state index in [0.29, 0.717) is 31.0 Å². The summed E-state index contributed by atoms with van der Waals surface area (Å²) in [4.78, 5) is 29.4. The average molecular weight is 468 g/mol. The molecule has 2 aromatic rings. The van der Waals surface area contributed by atoms with Crippen molar-refractivity contribution in [3.05, 3.63) is 70.7 Å². The van der Waals surface area contributed by atoms with Crippen LogP contribution < -0.4 is 5.32 Å². The van der Waals surface area contributed by atoms with Crippen LogP contribution in [0, 0.1) is 5.92 Å². The van der Waals surface area contributed by atoms with E-state index in [1.54, 1.807) is 4.90 Å². The first-order valence-corrected chi connectivity index (χ1v) is 12.5. The van der Waals surface area contributed by atoms with Crippen LogP contribution in [0.1, 0.15) is 43.2 Å². The number of rotatable bonds is 9. The van der Waals surface area contributed by atoms with Crippen molar-refractivity contribution in [2.45, 2.75) is 51.1 Å². The highest BCUT2D eigenvalue weighted by molar-refractivity contribution is 6.31. The van der Waals surface area contributed by atoms with E-state index in [9.17, 15) is 9.59 Å². The number of carbonyl (C=O) groups excluding carboxylic acids is 2. The van der Waals surface area contributed by atoms with Gasteiger partial charge in [0.15, 0.2) is 0 Å². The van der Waals surface area contributed by atoms with Crippen LogP contribution in [0.15, 0.2) is 54.6 Å². The maximum absolute atomic E-state index is 12.8. The molecule has 0 aliphatic carbocycles. The Hall–Kier alpha value is -2.37. The molecule has 5 nitrogen and oxygen atoms in total. The van der Waals surface area contributed by atoms with Gasteiger partial charge >= 0.3 is 0 Å². The smallest absolute Gasteiger partial charge is 0.242 e. The predicted molar refractivity (Wildman–Crippen MR) is 132 cm³/mol. The van der Waals surface area contributed by atoms with E-state index >= 15 is 0 Å². The summed E-state index contributed by atoms with van der Waals surface area (Å²) in [5.74, 6) is 0.746. The van der Waals surface area contributed by atoms with Gasteiger partial charge in [-0.3, -0.25) is 9.59 Å². The molecule has 2 aliphatic rings. The van der Waals surface area contributed by atoms with Crippen LogP contribution >= 0.6 is 11.6 Å². The molecular weight excluding hydrogens is 434 g/mol. The Balaban J connectivity index is 1.16. The van der Waals surface area contributed by atoms with E-state index in [1.807, 2.05) is 24.3 Å². The van der Waals surface area contributed by atoms with E-state index < -0.39 is 6.04 Å². The van der Waals surface area contributed by atoms with Crippen LogP contribution in [-0.2, 0) is 22.6 Å². The monoisotopic (exact) mass is 467 g/mol. The van der Waals surface area contributed by atoms with Gasteiger partial charge in [-0.2, -0.15) is 0 Å². The summed E-state index contributed by atoms with van der Waals surface area (Å²) in [6.07, 6.45) is 5.57. The first kappa shape index (κ1) is 23.8. The second kappa shape index (κ2) is 11.7. The largest absolute Gasteiger partial charge is 0.354 e. The van der Waals surface area contributed by atoms with Gasteiger partial charge < -0.3 is 15.1 Å². The molecular formula is C27H34ClN3O2. The van der Waals surface area contributed by atoms with Crippen molar-refractivity contribution in [2.75, 3.05) is 26.2 Å². The minimum atomic E-state index is -0.400. The van der Waals surface area contributed by atoms with Crippen LogP contribution in [-0.4, -0.2) is 53.8 Å². The second-order valence-electron chi connectivity index (χ2n) is 9.29. The zero-order chi connectivity index (χ0) is 23.0. The van der Waals surface area contributed by atoms with E-state index in [0.717, 1.165) is 37.5 Å². The highest BCUT2D eigenvalue weighted by Crippen LogP contribution is 2.25. The van der Waals surface area contributed by atoms with Crippen LogP contribution in [0.25, 0.3) is 0 Å². The zero-order valence-corrected chi connectivity index (χ0v) is 20.0. The van der Waals surface area contributed by atoms with Crippen LogP contribution in [0.5, 0.6) is 0 Å². The lowest BCUT2D eigenvalue weighted by molar-refractivity contribution is -0.135. The summed E-state index contributed by atoms with van der Waals surface area (Å²) in [7, 11) is 0. The van der Waals surface area contributed by atoms with E-state index in [4.69, 9.17) is 11.6 Å². The van der Waals surface area contributed by atoms with Gasteiger partial charge in [0.1, 0.15) is 6.04 Å². The standard InChI is InChI=1S/C27H34ClN3O2/c28-24-10-5-4-9-23(24)20-31-25(11-12-26(31)32)27(33)29-15-6-16-30-17-13-22(14-18-30)19-21-7-2-1-3-8-21/h1-5,7-10,22,25H,6,11-20H2,(H,29,33). The first-order chi connectivity index (χ1) is 16.1. The molecule has 2 fully saturated rings. The highest BCUT2D eigenvalue weighted by atomic mass is 35.5. The van der Waals surface area contributed by atoms with Gasteiger partial charge in [-0.1, -0.05) is 60.1 Å². The Morgan fingerprint density at radius 2 is 1.73 bits per heavy atom. The number of carbonyl (C=O) groups is 2. The maximum Gasteiger partial charge on any atom is 0.242 e. The third-order valence-corrected chi connectivity index (χ3v) is 7.32. The molecule has 2 heterocycles. The van der Waals surface area contributed by atoms with Crippen molar-refractivity contribution in [3.8, 4) is 0 Å². The van der Waals surface area contributed by atoms with E-state index in [2.05, 4.69) is 40.5 Å². The Labute approximate surface area is 202 Å². The zero-order valence-electron chi connectivity index (χ0n) is 19.2. The second-order valence-corrected chi connectivity index (χ2v) is 9.69. The van der Waals surface area contributed by atoms with Crippen molar-refractivity contribution in [2.24, 2.45) is 5.92 Å². The molecule has 4 rings (SSSR count). The molecule has 1 atom stereocenters. The van der Waals surface area contributed by atoms with Gasteiger partial charge in [0.2, 0.25) is 11.8 Å². The fourth-order valence-corrected chi connectivity index (χ4v) is 5.20. The summed E-state index contributed by atoms with van der Waals surface area (Å²) in [5, 5.41) is 3.69. The van der Waals surface area contributed by atoms with Gasteiger partial charge in [0.05, 0.1) is 0 Å². The molecule has 0 spiro atoms. The van der Waals surface area contributed by atoms with Crippen LogP contribution in [0.2, 0.25) is 5.02 Å². The fourth-order valence-electron chi connectivity index (χ4n) is 5.01. The maximum atomic E-state index is 12.8. The molecule has 0 aromatic heterocycles. The van der Waals surface area contributed by atoms with Gasteiger partial charge in [0.25, 0.3) is 0 Å². The number of benzene rings is 2. The van der Waals surface area contributed by atoms with E-state index in [1.165, 1.54) is 24.8 Å². The van der Waals surface area contributed by atoms with Gasteiger partial charge in [-0.25, -0.2) is 0 Å². The normalized spacial score (nSPS) is 19.7. The van der Waals surface area contributed by atoms with Gasteiger partial charge in [-0.05, 0) is 74.8 Å². The SMILES string of the molecule is O=C(NCCCN1CCC(Cc2ccccc2)CC1)C1CCC(=O)N1Cc1ccccc1Cl. The summed E-state index contributed by atoms with van der Waals surface area (Å²) >= 11 is 6.26. The van der Waals surface area contributed by atoms with Crippen LogP contribution in [0.3, 0.4) is 0 Å². The summed E-state index contributed by atoms with van der Waals surface area (Å²) in [5.41, 5.74) is 2.32. The molecule has 176 valence electrons. The van der Waals surface area contributed by atoms with Crippen molar-refractivity contribution in [3.63, 3.8) is 0 Å². The fraction of sp³-hybridized carbons (Fsp3) is 0.481. The van der Waals surface area contributed by atoms with Crippen molar-refractivity contribution >= 4 is 23.4 Å². The van der Waals surface area contributed by atoms with Gasteiger partial charge in [-0.15, -0.1) is 0 Å². The molecule has 1 N–H and O–H groups in total. The topological polar surface area (TPSA) is 52.7 Å². The molecule has 2 amide bonds. The summed E-state index contributed by atoms with van der Waals surface area (Å²) in [6.45, 7) is 4.30. The number of likely N-dealkylation sites (tertiary alicyclic amines) is 2. The molecule has 2 saturated heterocycles. The molecule has 0 bridgehead atoms. The lowest BCUT2D eigenvalue weighted by Gasteiger charge is -2.32. The minimum absolute atomic E-state index is 0.0217. The van der Waals surface area contributed by atoms with Crippen molar-refractivity contribution in [1.82, 2.24) is 15.1 Å². The Kier molecular flexibility index (Phi) is 8.40. The summed E-state index contributed by atoms with van der Waals surface area (Å²) < 4.78 is 0. The molecule has 1 unspecified atom stereocenters. The Morgan fingerprint density at radius 1 is 1.00 bits per heavy atom. The Bertz CT molecular complexity index is 928. The predicted octanol–water partition coefficient (Wildman–Crippen LogP) is 4.29. The Morgan fingerprint density at radius 3 is 2.48 bits per heavy atom. The van der Waals surface area contributed by atoms with E-state index in [-0.39, 0.29) is 11.8 Å². The average Bonchev–Trinajstić information content (AvgIpc) is 3.20. The minimum Gasteiger partial charge on any atom is -0.354 e. The molecule has 33 heavy (non-hydrogen) atoms. The molecule has 6 heteroatoms. The number of amides is 2. The highest BCUT2D eigenvalue weighted by Gasteiger charge is 2.36. The molecule has 2 aromatic carbocycles. The number of nitrogens with zero attached hydrogens (tertiary/aromatic N) is 2. The number of hydrogen-bond acceptors (Lipinski definition) is 3.